The van der Waals surface area contributed by atoms with Crippen LogP contribution in [0.2, 0.25) is 0 Å². The Kier molecular flexibility index (Phi) is 5.85. The lowest BCUT2D eigenvalue weighted by Gasteiger charge is -2.39. The highest BCUT2D eigenvalue weighted by atomic mass is 16.2. The third-order valence-corrected chi connectivity index (χ3v) is 4.60. The van der Waals surface area contributed by atoms with Crippen molar-refractivity contribution in [1.29, 1.82) is 5.26 Å². The Bertz CT molecular complexity index is 339. The van der Waals surface area contributed by atoms with Gasteiger partial charge in [-0.2, -0.15) is 5.26 Å². The van der Waals surface area contributed by atoms with Gasteiger partial charge in [-0.3, -0.25) is 4.79 Å². The first-order chi connectivity index (χ1) is 9.00. The van der Waals surface area contributed by atoms with E-state index in [9.17, 15) is 10.1 Å². The fourth-order valence-corrected chi connectivity index (χ4v) is 3.10. The summed E-state index contributed by atoms with van der Waals surface area (Å²) in [6.45, 7) is 10.2. The average Bonchev–Trinajstić information content (AvgIpc) is 2.40. The maximum atomic E-state index is 12.8. The molecule has 3 nitrogen and oxygen atoms in total. The number of amides is 1. The Morgan fingerprint density at radius 3 is 2.26 bits per heavy atom. The number of likely N-dealkylation sites (tertiary alicyclic amines) is 1. The molecule has 2 atom stereocenters. The van der Waals surface area contributed by atoms with Crippen molar-refractivity contribution in [3.05, 3.63) is 0 Å². The molecule has 0 aliphatic carbocycles. The monoisotopic (exact) mass is 264 g/mol. The van der Waals surface area contributed by atoms with Crippen LogP contribution in [-0.2, 0) is 4.79 Å². The van der Waals surface area contributed by atoms with Crippen LogP contribution < -0.4 is 0 Å². The minimum atomic E-state index is -0.774. The number of hydrogen-bond acceptors (Lipinski definition) is 2. The lowest BCUT2D eigenvalue weighted by atomic mass is 9.78. The van der Waals surface area contributed by atoms with Gasteiger partial charge in [0.25, 0.3) is 0 Å². The number of nitrogens with zero attached hydrogens (tertiary/aromatic N) is 2. The number of hydrogen-bond donors (Lipinski definition) is 0. The molecule has 1 aliphatic rings. The minimum absolute atomic E-state index is 0.0810. The van der Waals surface area contributed by atoms with Crippen LogP contribution in [0.15, 0.2) is 0 Å². The summed E-state index contributed by atoms with van der Waals surface area (Å²) in [5.41, 5.74) is -0.774. The van der Waals surface area contributed by atoms with Crippen LogP contribution in [0.25, 0.3) is 0 Å². The summed E-state index contributed by atoms with van der Waals surface area (Å²) in [4.78, 5) is 14.7. The van der Waals surface area contributed by atoms with Crippen molar-refractivity contribution < 1.29 is 4.79 Å². The smallest absolute Gasteiger partial charge is 0.243 e. The Morgan fingerprint density at radius 2 is 1.84 bits per heavy atom. The molecule has 1 amide bonds. The Morgan fingerprint density at radius 1 is 1.26 bits per heavy atom. The second-order valence-corrected chi connectivity index (χ2v) is 6.19. The summed E-state index contributed by atoms with van der Waals surface area (Å²) in [6.07, 6.45) is 4.22. The van der Waals surface area contributed by atoms with E-state index in [0.29, 0.717) is 24.7 Å². The van der Waals surface area contributed by atoms with Crippen molar-refractivity contribution in [2.45, 2.75) is 59.8 Å². The largest absolute Gasteiger partial charge is 0.341 e. The number of nitriles is 1. The summed E-state index contributed by atoms with van der Waals surface area (Å²) in [5.74, 6) is 1.30. The van der Waals surface area contributed by atoms with Crippen molar-refractivity contribution >= 4 is 5.91 Å². The molecule has 2 unspecified atom stereocenters. The van der Waals surface area contributed by atoms with Gasteiger partial charge in [0.05, 0.1) is 6.07 Å². The number of rotatable bonds is 5. The first kappa shape index (κ1) is 16.0. The minimum Gasteiger partial charge on any atom is -0.341 e. The molecule has 1 saturated heterocycles. The zero-order valence-electron chi connectivity index (χ0n) is 12.9. The molecule has 0 aromatic heterocycles. The maximum absolute atomic E-state index is 12.8. The van der Waals surface area contributed by atoms with E-state index in [1.807, 2.05) is 4.90 Å². The predicted molar refractivity (Wildman–Crippen MR) is 77.4 cm³/mol. The van der Waals surface area contributed by atoms with Gasteiger partial charge in [0, 0.05) is 13.1 Å². The third-order valence-electron chi connectivity index (χ3n) is 4.60. The van der Waals surface area contributed by atoms with E-state index < -0.39 is 5.41 Å². The fraction of sp³-hybridized carbons (Fsp3) is 0.875. The normalized spacial score (nSPS) is 24.1. The summed E-state index contributed by atoms with van der Waals surface area (Å²) in [5, 5.41) is 9.56. The van der Waals surface area contributed by atoms with Gasteiger partial charge in [-0.1, -0.05) is 40.5 Å². The standard InChI is InChI=1S/C16H28N2O/c1-5-8-16(12-17,9-6-2)15(19)18-10-7-13(3)14(4)11-18/h13-14H,5-11H2,1-4H3. The molecule has 19 heavy (non-hydrogen) atoms. The Labute approximate surface area is 118 Å². The molecule has 1 aliphatic heterocycles. The lowest BCUT2D eigenvalue weighted by molar-refractivity contribution is -0.142. The van der Waals surface area contributed by atoms with E-state index >= 15 is 0 Å². The third kappa shape index (κ3) is 3.49. The van der Waals surface area contributed by atoms with E-state index in [4.69, 9.17) is 0 Å². The first-order valence-electron chi connectivity index (χ1n) is 7.71. The van der Waals surface area contributed by atoms with Gasteiger partial charge in [0.15, 0.2) is 0 Å². The molecule has 0 radical (unpaired) electrons. The van der Waals surface area contributed by atoms with E-state index in [2.05, 4.69) is 33.8 Å². The van der Waals surface area contributed by atoms with Crippen LogP contribution in [0.5, 0.6) is 0 Å². The second-order valence-electron chi connectivity index (χ2n) is 6.19. The molecule has 0 bridgehead atoms. The van der Waals surface area contributed by atoms with Crippen molar-refractivity contribution in [2.75, 3.05) is 13.1 Å². The number of carbonyl (C=O) groups is 1. The maximum Gasteiger partial charge on any atom is 0.243 e. The summed E-state index contributed by atoms with van der Waals surface area (Å²) in [7, 11) is 0. The molecule has 0 aromatic carbocycles. The zero-order chi connectivity index (χ0) is 14.5. The van der Waals surface area contributed by atoms with E-state index in [1.54, 1.807) is 0 Å². The summed E-state index contributed by atoms with van der Waals surface area (Å²) >= 11 is 0. The molecule has 0 aromatic rings. The van der Waals surface area contributed by atoms with Crippen molar-refractivity contribution in [1.82, 2.24) is 4.90 Å². The van der Waals surface area contributed by atoms with Crippen molar-refractivity contribution in [3.63, 3.8) is 0 Å². The number of piperidine rings is 1. The molecule has 0 N–H and O–H groups in total. The molecule has 1 heterocycles. The van der Waals surface area contributed by atoms with Crippen LogP contribution in [-0.4, -0.2) is 23.9 Å². The van der Waals surface area contributed by atoms with Crippen LogP contribution >= 0.6 is 0 Å². The molecule has 0 saturated carbocycles. The molecule has 1 rings (SSSR count). The lowest BCUT2D eigenvalue weighted by Crippen LogP contribution is -2.49. The van der Waals surface area contributed by atoms with Crippen LogP contribution in [0.3, 0.4) is 0 Å². The highest BCUT2D eigenvalue weighted by Gasteiger charge is 2.41. The van der Waals surface area contributed by atoms with Gasteiger partial charge in [0.1, 0.15) is 5.41 Å². The average molecular weight is 264 g/mol. The van der Waals surface area contributed by atoms with E-state index in [-0.39, 0.29) is 5.91 Å². The van der Waals surface area contributed by atoms with Gasteiger partial charge in [-0.05, 0) is 31.1 Å². The zero-order valence-corrected chi connectivity index (χ0v) is 12.9. The fourth-order valence-electron chi connectivity index (χ4n) is 3.10. The van der Waals surface area contributed by atoms with Gasteiger partial charge in [0.2, 0.25) is 5.91 Å². The predicted octanol–water partition coefficient (Wildman–Crippen LogP) is 3.60. The molecule has 3 heteroatoms. The topological polar surface area (TPSA) is 44.1 Å². The SMILES string of the molecule is CCCC(C#N)(CCC)C(=O)N1CCC(C)C(C)C1. The molecular weight excluding hydrogens is 236 g/mol. The summed E-state index contributed by atoms with van der Waals surface area (Å²) < 4.78 is 0. The van der Waals surface area contributed by atoms with Crippen LogP contribution in [0.4, 0.5) is 0 Å². The highest BCUT2D eigenvalue weighted by Crippen LogP contribution is 2.34. The molecular formula is C16H28N2O. The molecule has 108 valence electrons. The molecule has 1 fully saturated rings. The first-order valence-corrected chi connectivity index (χ1v) is 7.71. The quantitative estimate of drug-likeness (QED) is 0.761. The van der Waals surface area contributed by atoms with E-state index in [0.717, 1.165) is 32.4 Å². The molecule has 0 spiro atoms. The highest BCUT2D eigenvalue weighted by molar-refractivity contribution is 5.85. The van der Waals surface area contributed by atoms with Crippen molar-refractivity contribution in [3.8, 4) is 6.07 Å². The van der Waals surface area contributed by atoms with Gasteiger partial charge >= 0.3 is 0 Å². The van der Waals surface area contributed by atoms with E-state index in [1.165, 1.54) is 0 Å². The Balaban J connectivity index is 2.85. The van der Waals surface area contributed by atoms with Crippen molar-refractivity contribution in [2.24, 2.45) is 17.3 Å². The van der Waals surface area contributed by atoms with Crippen LogP contribution in [0.1, 0.15) is 59.8 Å². The van der Waals surface area contributed by atoms with Gasteiger partial charge in [-0.25, -0.2) is 0 Å². The number of carbonyl (C=O) groups excluding carboxylic acids is 1. The second kappa shape index (κ2) is 6.93. The van der Waals surface area contributed by atoms with Gasteiger partial charge in [-0.15, -0.1) is 0 Å². The van der Waals surface area contributed by atoms with Crippen LogP contribution in [0, 0.1) is 28.6 Å². The summed E-state index contributed by atoms with van der Waals surface area (Å²) in [6, 6.07) is 2.35. The Hall–Kier alpha value is -1.04. The van der Waals surface area contributed by atoms with Gasteiger partial charge < -0.3 is 4.90 Å².